The first-order valence-electron chi connectivity index (χ1n) is 11.0. The van der Waals surface area contributed by atoms with Crippen molar-refractivity contribution >= 4 is 29.6 Å². The number of hydrogen-bond donors (Lipinski definition) is 3. The monoisotopic (exact) mass is 456 g/mol. The van der Waals surface area contributed by atoms with E-state index in [0.29, 0.717) is 42.8 Å². The SMILES string of the molecule is CCC(=O)NCCCC(C=NC1=C(NC)CC=CC(Cl)=C1)NC(=O)c1ccc(C)c(C)c1. The van der Waals surface area contributed by atoms with E-state index in [0.717, 1.165) is 22.5 Å². The average molecular weight is 457 g/mol. The average Bonchev–Trinajstić information content (AvgIpc) is 2.96. The van der Waals surface area contributed by atoms with Crippen LogP contribution in [-0.2, 0) is 4.79 Å². The minimum atomic E-state index is -0.295. The molecule has 1 aliphatic carbocycles. The smallest absolute Gasteiger partial charge is 0.251 e. The summed E-state index contributed by atoms with van der Waals surface area (Å²) < 4.78 is 0. The van der Waals surface area contributed by atoms with Crippen LogP contribution >= 0.6 is 11.6 Å². The van der Waals surface area contributed by atoms with Crippen molar-refractivity contribution in [1.29, 1.82) is 0 Å². The molecule has 0 heterocycles. The summed E-state index contributed by atoms with van der Waals surface area (Å²) in [5.41, 5.74) is 4.50. The van der Waals surface area contributed by atoms with Crippen LogP contribution in [0.4, 0.5) is 0 Å². The first-order valence-corrected chi connectivity index (χ1v) is 11.4. The zero-order valence-corrected chi connectivity index (χ0v) is 20.1. The summed E-state index contributed by atoms with van der Waals surface area (Å²) in [5.74, 6) is -0.134. The molecule has 0 aromatic heterocycles. The number of rotatable bonds is 10. The van der Waals surface area contributed by atoms with Crippen molar-refractivity contribution in [1.82, 2.24) is 16.0 Å². The topological polar surface area (TPSA) is 82.6 Å². The molecule has 2 amide bonds. The molecule has 7 heteroatoms. The highest BCUT2D eigenvalue weighted by molar-refractivity contribution is 6.31. The standard InChI is InChI=1S/C25H33ClN4O2/c1-5-24(31)28-13-7-9-21(30-25(32)19-12-11-17(2)18(3)14-19)16-29-23-15-20(26)8-6-10-22(23)27-4/h6,8,11-12,14-16,21,27H,5,7,9-10,13H2,1-4H3,(H,28,31)(H,30,32). The van der Waals surface area contributed by atoms with Crippen LogP contribution < -0.4 is 16.0 Å². The summed E-state index contributed by atoms with van der Waals surface area (Å²) in [5, 5.41) is 9.70. The van der Waals surface area contributed by atoms with E-state index in [-0.39, 0.29) is 17.9 Å². The van der Waals surface area contributed by atoms with Gasteiger partial charge >= 0.3 is 0 Å². The molecule has 1 aromatic rings. The van der Waals surface area contributed by atoms with Crippen LogP contribution in [0, 0.1) is 13.8 Å². The van der Waals surface area contributed by atoms with E-state index in [2.05, 4.69) is 20.9 Å². The molecular weight excluding hydrogens is 424 g/mol. The van der Waals surface area contributed by atoms with Crippen molar-refractivity contribution in [3.8, 4) is 0 Å². The molecular formula is C25H33ClN4O2. The van der Waals surface area contributed by atoms with Gasteiger partial charge in [-0.2, -0.15) is 0 Å². The fourth-order valence-electron chi connectivity index (χ4n) is 3.17. The highest BCUT2D eigenvalue weighted by Crippen LogP contribution is 2.19. The third-order valence-electron chi connectivity index (χ3n) is 5.30. The molecule has 172 valence electrons. The number of benzene rings is 1. The summed E-state index contributed by atoms with van der Waals surface area (Å²) in [7, 11) is 1.85. The number of amides is 2. The number of nitrogens with zero attached hydrogens (tertiary/aromatic N) is 1. The van der Waals surface area contributed by atoms with E-state index >= 15 is 0 Å². The molecule has 2 rings (SSSR count). The number of halogens is 1. The van der Waals surface area contributed by atoms with Crippen molar-refractivity contribution in [3.63, 3.8) is 0 Å². The third kappa shape index (κ3) is 8.00. The number of carbonyl (C=O) groups is 2. The van der Waals surface area contributed by atoms with Gasteiger partial charge in [0.05, 0.1) is 11.7 Å². The fourth-order valence-corrected chi connectivity index (χ4v) is 3.36. The van der Waals surface area contributed by atoms with Crippen LogP contribution in [0.5, 0.6) is 0 Å². The lowest BCUT2D eigenvalue weighted by atomic mass is 10.1. The lowest BCUT2D eigenvalue weighted by molar-refractivity contribution is -0.120. The zero-order chi connectivity index (χ0) is 23.5. The zero-order valence-electron chi connectivity index (χ0n) is 19.3. The van der Waals surface area contributed by atoms with Gasteiger partial charge in [-0.25, -0.2) is 0 Å². The number of nitrogens with one attached hydrogen (secondary N) is 3. The van der Waals surface area contributed by atoms with E-state index < -0.39 is 0 Å². The normalized spacial score (nSPS) is 14.7. The molecule has 1 atom stereocenters. The minimum absolute atomic E-state index is 0.0175. The Morgan fingerprint density at radius 1 is 1.25 bits per heavy atom. The van der Waals surface area contributed by atoms with Gasteiger partial charge in [-0.15, -0.1) is 0 Å². The van der Waals surface area contributed by atoms with Crippen LogP contribution in [0.1, 0.15) is 54.1 Å². The van der Waals surface area contributed by atoms with E-state index in [9.17, 15) is 9.59 Å². The van der Waals surface area contributed by atoms with Gasteiger partial charge in [0.15, 0.2) is 0 Å². The first-order chi connectivity index (χ1) is 15.3. The summed E-state index contributed by atoms with van der Waals surface area (Å²) in [6.45, 7) is 6.38. The third-order valence-corrected chi connectivity index (χ3v) is 5.53. The lowest BCUT2D eigenvalue weighted by Gasteiger charge is -2.16. The number of carbonyl (C=O) groups excluding carboxylic acids is 2. The Hall–Kier alpha value is -2.86. The van der Waals surface area contributed by atoms with Crippen LogP contribution in [0.3, 0.4) is 0 Å². The predicted molar refractivity (Wildman–Crippen MR) is 132 cm³/mol. The van der Waals surface area contributed by atoms with Crippen LogP contribution in [0.15, 0.2) is 57.8 Å². The van der Waals surface area contributed by atoms with Crippen molar-refractivity contribution in [2.24, 2.45) is 4.99 Å². The molecule has 1 unspecified atom stereocenters. The van der Waals surface area contributed by atoms with Crippen LogP contribution in [0.25, 0.3) is 0 Å². The molecule has 0 aliphatic heterocycles. The molecule has 1 aromatic carbocycles. The second kappa shape index (κ2) is 12.9. The highest BCUT2D eigenvalue weighted by atomic mass is 35.5. The molecule has 0 saturated heterocycles. The molecule has 1 aliphatic rings. The van der Waals surface area contributed by atoms with Gasteiger partial charge in [0, 0.05) is 48.9 Å². The Bertz CT molecular complexity index is 947. The Labute approximate surface area is 195 Å². The number of aliphatic imine (C=N–C) groups is 1. The van der Waals surface area contributed by atoms with Crippen LogP contribution in [-0.4, -0.2) is 37.7 Å². The van der Waals surface area contributed by atoms with E-state index in [1.165, 1.54) is 0 Å². The van der Waals surface area contributed by atoms with Gasteiger partial charge in [0.2, 0.25) is 5.91 Å². The molecule has 0 spiro atoms. The second-order valence-electron chi connectivity index (χ2n) is 7.75. The van der Waals surface area contributed by atoms with Gasteiger partial charge in [0.25, 0.3) is 5.91 Å². The first kappa shape index (κ1) is 25.4. The molecule has 0 fully saturated rings. The van der Waals surface area contributed by atoms with E-state index in [1.807, 2.05) is 58.2 Å². The van der Waals surface area contributed by atoms with E-state index in [4.69, 9.17) is 11.6 Å². The van der Waals surface area contributed by atoms with Crippen molar-refractivity contribution in [3.05, 3.63) is 69.5 Å². The van der Waals surface area contributed by atoms with Crippen molar-refractivity contribution in [2.45, 2.75) is 52.5 Å². The van der Waals surface area contributed by atoms with E-state index in [1.54, 1.807) is 12.3 Å². The maximum atomic E-state index is 12.9. The minimum Gasteiger partial charge on any atom is -0.389 e. The molecule has 6 nitrogen and oxygen atoms in total. The number of hydrogen-bond acceptors (Lipinski definition) is 4. The quantitative estimate of drug-likeness (QED) is 0.362. The van der Waals surface area contributed by atoms with Gasteiger partial charge < -0.3 is 16.0 Å². The fraction of sp³-hybridized carbons (Fsp3) is 0.400. The molecule has 0 bridgehead atoms. The highest BCUT2D eigenvalue weighted by Gasteiger charge is 2.14. The Kier molecular flexibility index (Phi) is 10.2. The Balaban J connectivity index is 2.17. The summed E-state index contributed by atoms with van der Waals surface area (Å²) in [6.07, 6.45) is 9.87. The van der Waals surface area contributed by atoms with Gasteiger partial charge in [-0.05, 0) is 62.1 Å². The molecule has 0 saturated carbocycles. The maximum Gasteiger partial charge on any atom is 0.251 e. The van der Waals surface area contributed by atoms with Crippen molar-refractivity contribution < 1.29 is 9.59 Å². The number of aryl methyl sites for hydroxylation is 2. The molecule has 32 heavy (non-hydrogen) atoms. The number of allylic oxidation sites excluding steroid dienone is 4. The second-order valence-corrected chi connectivity index (χ2v) is 8.19. The van der Waals surface area contributed by atoms with Gasteiger partial charge in [0.1, 0.15) is 0 Å². The summed E-state index contributed by atoms with van der Waals surface area (Å²) >= 11 is 6.22. The Morgan fingerprint density at radius 3 is 2.72 bits per heavy atom. The largest absolute Gasteiger partial charge is 0.389 e. The van der Waals surface area contributed by atoms with Gasteiger partial charge in [-0.3, -0.25) is 14.6 Å². The molecule has 0 radical (unpaired) electrons. The Morgan fingerprint density at radius 2 is 2.03 bits per heavy atom. The predicted octanol–water partition coefficient (Wildman–Crippen LogP) is 4.29. The van der Waals surface area contributed by atoms with Crippen LogP contribution in [0.2, 0.25) is 0 Å². The molecule has 3 N–H and O–H groups in total. The van der Waals surface area contributed by atoms with Gasteiger partial charge in [-0.1, -0.05) is 30.7 Å². The lowest BCUT2D eigenvalue weighted by Crippen LogP contribution is -2.37. The summed E-state index contributed by atoms with van der Waals surface area (Å²) in [6, 6.07) is 5.37. The summed E-state index contributed by atoms with van der Waals surface area (Å²) in [4.78, 5) is 29.0. The maximum absolute atomic E-state index is 12.9. The van der Waals surface area contributed by atoms with Crippen molar-refractivity contribution in [2.75, 3.05) is 13.6 Å².